The van der Waals surface area contributed by atoms with Crippen LogP contribution in [0.1, 0.15) is 29.1 Å². The van der Waals surface area contributed by atoms with Crippen LogP contribution in [0, 0.1) is 0 Å². The van der Waals surface area contributed by atoms with Gasteiger partial charge in [0.1, 0.15) is 5.82 Å². The maximum Gasteiger partial charge on any atom is 0.261 e. The summed E-state index contributed by atoms with van der Waals surface area (Å²) in [5, 5.41) is 0.622. The molecule has 1 saturated heterocycles. The molecule has 1 atom stereocenters. The van der Waals surface area contributed by atoms with Gasteiger partial charge in [0.05, 0.1) is 31.2 Å². The number of benzene rings is 2. The topological polar surface area (TPSA) is 76.9 Å². The molecular formula is C24H28N4O4. The molecule has 2 aromatic carbocycles. The van der Waals surface area contributed by atoms with Gasteiger partial charge in [-0.25, -0.2) is 4.98 Å². The molecule has 8 nitrogen and oxygen atoms in total. The number of rotatable bonds is 5. The van der Waals surface area contributed by atoms with Crippen LogP contribution >= 0.6 is 0 Å². The Morgan fingerprint density at radius 1 is 1.00 bits per heavy atom. The molecule has 8 heteroatoms. The Labute approximate surface area is 187 Å². The van der Waals surface area contributed by atoms with Gasteiger partial charge in [0.2, 0.25) is 0 Å². The number of carbonyl (C=O) groups is 1. The number of amides is 1. The Morgan fingerprint density at radius 3 is 2.38 bits per heavy atom. The second-order valence-electron chi connectivity index (χ2n) is 7.93. The standard InChI is InChI=1S/C24H28N4O4/c1-16(22-25-19-8-6-5-7-18(19)24(30)26(22)2)27-11-13-28(14-12-27)23(29)17-9-10-20(31-3)21(15-17)32-4/h5-10,15-16H,11-14H2,1-4H3. The van der Waals surface area contributed by atoms with Gasteiger partial charge in [0.15, 0.2) is 11.5 Å². The van der Waals surface area contributed by atoms with Gasteiger partial charge in [-0.15, -0.1) is 0 Å². The molecule has 0 saturated carbocycles. The molecule has 1 amide bonds. The van der Waals surface area contributed by atoms with Gasteiger partial charge in [-0.05, 0) is 37.3 Å². The first-order valence-electron chi connectivity index (χ1n) is 10.7. The second kappa shape index (κ2) is 9.00. The maximum atomic E-state index is 13.0. The third-order valence-electron chi connectivity index (χ3n) is 6.17. The first-order valence-corrected chi connectivity index (χ1v) is 10.7. The summed E-state index contributed by atoms with van der Waals surface area (Å²) in [7, 11) is 4.89. The van der Waals surface area contributed by atoms with Gasteiger partial charge in [-0.3, -0.25) is 19.1 Å². The molecule has 1 aliphatic heterocycles. The number of para-hydroxylation sites is 1. The summed E-state index contributed by atoms with van der Waals surface area (Å²) in [6.45, 7) is 4.65. The van der Waals surface area contributed by atoms with Crippen LogP contribution in [0.2, 0.25) is 0 Å². The minimum absolute atomic E-state index is 0.0329. The van der Waals surface area contributed by atoms with Crippen molar-refractivity contribution in [2.75, 3.05) is 40.4 Å². The molecule has 0 aliphatic carbocycles. The van der Waals surface area contributed by atoms with Crippen molar-refractivity contribution < 1.29 is 14.3 Å². The molecule has 32 heavy (non-hydrogen) atoms. The van der Waals surface area contributed by atoms with E-state index in [1.54, 1.807) is 50.1 Å². The molecule has 4 rings (SSSR count). The number of hydrogen-bond donors (Lipinski definition) is 0. The number of nitrogens with zero attached hydrogens (tertiary/aromatic N) is 4. The third kappa shape index (κ3) is 3.93. The van der Waals surface area contributed by atoms with E-state index in [0.29, 0.717) is 54.1 Å². The van der Waals surface area contributed by atoms with Crippen molar-refractivity contribution in [2.45, 2.75) is 13.0 Å². The van der Waals surface area contributed by atoms with E-state index >= 15 is 0 Å². The Hall–Kier alpha value is -3.39. The first kappa shape index (κ1) is 21.8. The predicted molar refractivity (Wildman–Crippen MR) is 122 cm³/mol. The van der Waals surface area contributed by atoms with E-state index < -0.39 is 0 Å². The fourth-order valence-electron chi connectivity index (χ4n) is 4.24. The Bertz CT molecular complexity index is 1200. The highest BCUT2D eigenvalue weighted by Crippen LogP contribution is 2.28. The second-order valence-corrected chi connectivity index (χ2v) is 7.93. The molecule has 1 aromatic heterocycles. The van der Waals surface area contributed by atoms with Gasteiger partial charge < -0.3 is 14.4 Å². The first-order chi connectivity index (χ1) is 15.4. The Morgan fingerprint density at radius 2 is 1.69 bits per heavy atom. The number of fused-ring (bicyclic) bond motifs is 1. The molecule has 168 valence electrons. The van der Waals surface area contributed by atoms with Crippen molar-refractivity contribution >= 4 is 16.8 Å². The van der Waals surface area contributed by atoms with E-state index in [2.05, 4.69) is 11.8 Å². The number of aromatic nitrogens is 2. The van der Waals surface area contributed by atoms with Gasteiger partial charge in [-0.1, -0.05) is 12.1 Å². The van der Waals surface area contributed by atoms with Crippen molar-refractivity contribution in [1.29, 1.82) is 0 Å². The highest BCUT2D eigenvalue weighted by Gasteiger charge is 2.28. The zero-order chi connectivity index (χ0) is 22.8. The fraction of sp³-hybridized carbons (Fsp3) is 0.375. The van der Waals surface area contributed by atoms with E-state index in [4.69, 9.17) is 14.5 Å². The van der Waals surface area contributed by atoms with Crippen molar-refractivity contribution in [2.24, 2.45) is 7.05 Å². The van der Waals surface area contributed by atoms with Crippen molar-refractivity contribution in [3.8, 4) is 11.5 Å². The number of carbonyl (C=O) groups excluding carboxylic acids is 1. The van der Waals surface area contributed by atoms with Crippen LogP contribution in [0.25, 0.3) is 10.9 Å². The SMILES string of the molecule is COc1ccc(C(=O)N2CCN(C(C)c3nc4ccccc4c(=O)n3C)CC2)cc1OC. The van der Waals surface area contributed by atoms with E-state index in [0.717, 1.165) is 5.82 Å². The van der Waals surface area contributed by atoms with Crippen LogP contribution in [-0.4, -0.2) is 65.7 Å². The third-order valence-corrected chi connectivity index (χ3v) is 6.17. The molecule has 0 bridgehead atoms. The Balaban J connectivity index is 1.48. The maximum absolute atomic E-state index is 13.0. The number of ether oxygens (including phenoxy) is 2. The quantitative estimate of drug-likeness (QED) is 0.612. The van der Waals surface area contributed by atoms with Gasteiger partial charge in [0, 0.05) is 38.8 Å². The van der Waals surface area contributed by atoms with E-state index in [1.165, 1.54) is 0 Å². The molecule has 0 spiro atoms. The number of piperazine rings is 1. The summed E-state index contributed by atoms with van der Waals surface area (Å²) in [6.07, 6.45) is 0. The highest BCUT2D eigenvalue weighted by atomic mass is 16.5. The van der Waals surface area contributed by atoms with Gasteiger partial charge in [-0.2, -0.15) is 0 Å². The lowest BCUT2D eigenvalue weighted by molar-refractivity contribution is 0.0571. The normalized spacial score (nSPS) is 15.6. The summed E-state index contributed by atoms with van der Waals surface area (Å²) in [5.41, 5.74) is 1.24. The summed E-state index contributed by atoms with van der Waals surface area (Å²) in [4.78, 5) is 34.6. The van der Waals surface area contributed by atoms with Crippen LogP contribution < -0.4 is 15.0 Å². The van der Waals surface area contributed by atoms with Crippen LogP contribution in [-0.2, 0) is 7.05 Å². The van der Waals surface area contributed by atoms with Crippen molar-refractivity contribution in [3.63, 3.8) is 0 Å². The highest BCUT2D eigenvalue weighted by molar-refractivity contribution is 5.95. The average molecular weight is 437 g/mol. The molecule has 2 heterocycles. The van der Waals surface area contributed by atoms with E-state index in [1.807, 2.05) is 23.1 Å². The van der Waals surface area contributed by atoms with E-state index in [9.17, 15) is 9.59 Å². The lowest BCUT2D eigenvalue weighted by Gasteiger charge is -2.38. The molecular weight excluding hydrogens is 408 g/mol. The Kier molecular flexibility index (Phi) is 6.14. The van der Waals surface area contributed by atoms with E-state index in [-0.39, 0.29) is 17.5 Å². The predicted octanol–water partition coefficient (Wildman–Crippen LogP) is 2.47. The average Bonchev–Trinajstić information content (AvgIpc) is 2.85. The van der Waals surface area contributed by atoms with Crippen LogP contribution in [0.3, 0.4) is 0 Å². The fourth-order valence-corrected chi connectivity index (χ4v) is 4.24. The van der Waals surface area contributed by atoms with Crippen LogP contribution in [0.15, 0.2) is 47.3 Å². The summed E-state index contributed by atoms with van der Waals surface area (Å²) in [6, 6.07) is 12.6. The monoisotopic (exact) mass is 436 g/mol. The number of methoxy groups -OCH3 is 2. The van der Waals surface area contributed by atoms with Crippen LogP contribution in [0.4, 0.5) is 0 Å². The van der Waals surface area contributed by atoms with Gasteiger partial charge >= 0.3 is 0 Å². The molecule has 1 unspecified atom stereocenters. The molecule has 0 radical (unpaired) electrons. The number of hydrogen-bond acceptors (Lipinski definition) is 6. The molecule has 1 fully saturated rings. The molecule has 0 N–H and O–H groups in total. The molecule has 3 aromatic rings. The smallest absolute Gasteiger partial charge is 0.261 e. The summed E-state index contributed by atoms with van der Waals surface area (Å²) < 4.78 is 12.2. The lowest BCUT2D eigenvalue weighted by Crippen LogP contribution is -2.49. The summed E-state index contributed by atoms with van der Waals surface area (Å²) in [5.74, 6) is 1.83. The minimum Gasteiger partial charge on any atom is -0.493 e. The van der Waals surface area contributed by atoms with Crippen LogP contribution in [0.5, 0.6) is 11.5 Å². The van der Waals surface area contributed by atoms with Gasteiger partial charge in [0.25, 0.3) is 11.5 Å². The lowest BCUT2D eigenvalue weighted by atomic mass is 10.1. The molecule has 1 aliphatic rings. The van der Waals surface area contributed by atoms with Crippen molar-refractivity contribution in [1.82, 2.24) is 19.4 Å². The largest absolute Gasteiger partial charge is 0.493 e. The van der Waals surface area contributed by atoms with Crippen molar-refractivity contribution in [3.05, 3.63) is 64.2 Å². The minimum atomic E-state index is -0.0457. The summed E-state index contributed by atoms with van der Waals surface area (Å²) >= 11 is 0. The zero-order valence-corrected chi connectivity index (χ0v) is 18.9. The zero-order valence-electron chi connectivity index (χ0n) is 18.9.